The van der Waals surface area contributed by atoms with E-state index in [9.17, 15) is 4.79 Å². The monoisotopic (exact) mass is 307 g/mol. The average Bonchev–Trinajstić information content (AvgIpc) is 3.23. The molecule has 1 amide bonds. The van der Waals surface area contributed by atoms with Crippen LogP contribution in [0.1, 0.15) is 27.2 Å². The molecule has 5 heteroatoms. The maximum atomic E-state index is 13.0. The molecular weight excluding hydrogens is 290 g/mol. The Bertz CT molecular complexity index is 849. The van der Waals surface area contributed by atoms with E-state index >= 15 is 0 Å². The van der Waals surface area contributed by atoms with Crippen molar-refractivity contribution in [2.45, 2.75) is 19.9 Å². The van der Waals surface area contributed by atoms with Crippen LogP contribution in [0.3, 0.4) is 0 Å². The molecule has 23 heavy (non-hydrogen) atoms. The summed E-state index contributed by atoms with van der Waals surface area (Å²) in [6, 6.07) is 11.9. The van der Waals surface area contributed by atoms with Gasteiger partial charge in [0.25, 0.3) is 5.91 Å². The van der Waals surface area contributed by atoms with E-state index in [4.69, 9.17) is 4.42 Å². The maximum Gasteiger partial charge on any atom is 0.258 e. The van der Waals surface area contributed by atoms with Gasteiger partial charge in [-0.25, -0.2) is 0 Å². The zero-order chi connectivity index (χ0) is 15.8. The molecule has 1 N–H and O–H groups in total. The van der Waals surface area contributed by atoms with Crippen LogP contribution in [0.25, 0.3) is 11.5 Å². The number of carbonyl (C=O) groups is 1. The summed E-state index contributed by atoms with van der Waals surface area (Å²) in [6.45, 7) is 3.22. The lowest BCUT2D eigenvalue weighted by molar-refractivity contribution is 0.0734. The number of amides is 1. The molecule has 0 saturated carbocycles. The highest BCUT2D eigenvalue weighted by Gasteiger charge is 2.27. The van der Waals surface area contributed by atoms with Crippen molar-refractivity contribution in [2.24, 2.45) is 0 Å². The van der Waals surface area contributed by atoms with Gasteiger partial charge in [0.15, 0.2) is 5.76 Å². The van der Waals surface area contributed by atoms with Gasteiger partial charge in [0, 0.05) is 18.8 Å². The minimum Gasteiger partial charge on any atom is -0.463 e. The lowest BCUT2D eigenvalue weighted by Crippen LogP contribution is -2.36. The van der Waals surface area contributed by atoms with Crippen LogP contribution >= 0.6 is 0 Å². The number of rotatable bonds is 2. The number of nitrogens with zero attached hydrogens (tertiary/aromatic N) is 2. The first-order chi connectivity index (χ1) is 11.2. The van der Waals surface area contributed by atoms with Gasteiger partial charge in [0.2, 0.25) is 0 Å². The molecule has 5 nitrogen and oxygen atoms in total. The van der Waals surface area contributed by atoms with Crippen molar-refractivity contribution in [1.29, 1.82) is 0 Å². The van der Waals surface area contributed by atoms with Crippen molar-refractivity contribution >= 4 is 5.91 Å². The SMILES string of the molecule is Cc1[nH]nc(-c2ccco2)c1C(=O)N1CCc2ccccc2C1. The lowest BCUT2D eigenvalue weighted by Gasteiger charge is -2.29. The molecule has 0 atom stereocenters. The number of hydrogen-bond donors (Lipinski definition) is 1. The minimum absolute atomic E-state index is 0.00264. The number of hydrogen-bond acceptors (Lipinski definition) is 3. The first-order valence-electron chi connectivity index (χ1n) is 7.69. The number of furan rings is 1. The van der Waals surface area contributed by atoms with E-state index in [0.29, 0.717) is 23.6 Å². The fourth-order valence-corrected chi connectivity index (χ4v) is 3.11. The number of carbonyl (C=O) groups excluding carboxylic acids is 1. The van der Waals surface area contributed by atoms with E-state index in [1.54, 1.807) is 12.3 Å². The summed E-state index contributed by atoms with van der Waals surface area (Å²) in [5.74, 6) is 0.604. The van der Waals surface area contributed by atoms with Crippen molar-refractivity contribution in [1.82, 2.24) is 15.1 Å². The number of aromatic nitrogens is 2. The normalized spacial score (nSPS) is 13.9. The molecule has 3 aromatic rings. The third kappa shape index (κ3) is 2.34. The number of aromatic amines is 1. The number of aryl methyl sites for hydroxylation is 1. The van der Waals surface area contributed by atoms with Crippen molar-refractivity contribution in [3.63, 3.8) is 0 Å². The third-order valence-electron chi connectivity index (χ3n) is 4.33. The van der Waals surface area contributed by atoms with Crippen LogP contribution in [-0.4, -0.2) is 27.5 Å². The van der Waals surface area contributed by atoms with Gasteiger partial charge in [-0.15, -0.1) is 0 Å². The summed E-state index contributed by atoms with van der Waals surface area (Å²) in [5.41, 5.74) is 4.48. The molecule has 0 saturated heterocycles. The molecule has 116 valence electrons. The van der Waals surface area contributed by atoms with E-state index in [0.717, 1.165) is 18.7 Å². The highest BCUT2D eigenvalue weighted by Crippen LogP contribution is 2.27. The Labute approximate surface area is 133 Å². The standard InChI is InChI=1S/C18H17N3O2/c1-12-16(17(20-19-12)15-7-4-10-23-15)18(22)21-9-8-13-5-2-3-6-14(13)11-21/h2-7,10H,8-9,11H2,1H3,(H,19,20). The van der Waals surface area contributed by atoms with Crippen LogP contribution in [0.15, 0.2) is 47.1 Å². The Kier molecular flexibility index (Phi) is 3.26. The van der Waals surface area contributed by atoms with Crippen molar-refractivity contribution in [2.75, 3.05) is 6.54 Å². The average molecular weight is 307 g/mol. The molecule has 1 aliphatic heterocycles. The summed E-state index contributed by atoms with van der Waals surface area (Å²) in [4.78, 5) is 14.9. The molecule has 1 aromatic carbocycles. The second kappa shape index (κ2) is 5.43. The lowest BCUT2D eigenvalue weighted by atomic mass is 9.99. The molecule has 0 aliphatic carbocycles. The quantitative estimate of drug-likeness (QED) is 0.791. The Balaban J connectivity index is 1.67. The van der Waals surface area contributed by atoms with Crippen LogP contribution in [0.2, 0.25) is 0 Å². The Morgan fingerprint density at radius 2 is 2.04 bits per heavy atom. The van der Waals surface area contributed by atoms with Gasteiger partial charge in [0.05, 0.1) is 11.8 Å². The maximum absolute atomic E-state index is 13.0. The van der Waals surface area contributed by atoms with Crippen LogP contribution in [0.5, 0.6) is 0 Å². The highest BCUT2D eigenvalue weighted by molar-refractivity contribution is 6.00. The molecule has 3 heterocycles. The van der Waals surface area contributed by atoms with E-state index in [1.807, 2.05) is 30.0 Å². The van der Waals surface area contributed by atoms with Crippen molar-refractivity contribution in [3.05, 3.63) is 65.0 Å². The van der Waals surface area contributed by atoms with Gasteiger partial charge in [-0.3, -0.25) is 9.89 Å². The summed E-state index contributed by atoms with van der Waals surface area (Å²) in [6.07, 6.45) is 2.47. The molecule has 0 bridgehead atoms. The van der Waals surface area contributed by atoms with Gasteiger partial charge >= 0.3 is 0 Å². The van der Waals surface area contributed by atoms with Gasteiger partial charge < -0.3 is 9.32 Å². The van der Waals surface area contributed by atoms with Crippen molar-refractivity contribution in [3.8, 4) is 11.5 Å². The first-order valence-corrected chi connectivity index (χ1v) is 7.69. The molecule has 1 aliphatic rings. The van der Waals surface area contributed by atoms with Gasteiger partial charge in [0.1, 0.15) is 5.69 Å². The summed E-state index contributed by atoms with van der Waals surface area (Å²) < 4.78 is 5.41. The van der Waals surface area contributed by atoms with Crippen LogP contribution < -0.4 is 0 Å². The van der Waals surface area contributed by atoms with E-state index in [-0.39, 0.29) is 5.91 Å². The van der Waals surface area contributed by atoms with Crippen LogP contribution in [-0.2, 0) is 13.0 Å². The Morgan fingerprint density at radius 3 is 2.83 bits per heavy atom. The largest absolute Gasteiger partial charge is 0.463 e. The van der Waals surface area contributed by atoms with Crippen molar-refractivity contribution < 1.29 is 9.21 Å². The Morgan fingerprint density at radius 1 is 1.22 bits per heavy atom. The highest BCUT2D eigenvalue weighted by atomic mass is 16.3. The number of H-pyrrole nitrogens is 1. The number of fused-ring (bicyclic) bond motifs is 1. The predicted molar refractivity (Wildman–Crippen MR) is 85.9 cm³/mol. The number of nitrogens with one attached hydrogen (secondary N) is 1. The van der Waals surface area contributed by atoms with Crippen LogP contribution in [0, 0.1) is 6.92 Å². The van der Waals surface area contributed by atoms with Gasteiger partial charge in [-0.1, -0.05) is 24.3 Å². The molecule has 0 spiro atoms. The second-order valence-corrected chi connectivity index (χ2v) is 5.79. The second-order valence-electron chi connectivity index (χ2n) is 5.79. The van der Waals surface area contributed by atoms with E-state index < -0.39 is 0 Å². The molecule has 0 unspecified atom stereocenters. The zero-order valence-corrected chi connectivity index (χ0v) is 12.9. The molecule has 0 fully saturated rings. The fraction of sp³-hybridized carbons (Fsp3) is 0.222. The summed E-state index contributed by atoms with van der Waals surface area (Å²) in [5, 5.41) is 7.16. The fourth-order valence-electron chi connectivity index (χ4n) is 3.11. The minimum atomic E-state index is -0.00264. The third-order valence-corrected chi connectivity index (χ3v) is 4.33. The Hall–Kier alpha value is -2.82. The first kappa shape index (κ1) is 13.8. The van der Waals surface area contributed by atoms with E-state index in [1.165, 1.54) is 11.1 Å². The predicted octanol–water partition coefficient (Wildman–Crippen LogP) is 3.18. The van der Waals surface area contributed by atoms with Gasteiger partial charge in [-0.05, 0) is 36.6 Å². The molecular formula is C18H17N3O2. The smallest absolute Gasteiger partial charge is 0.258 e. The van der Waals surface area contributed by atoms with Crippen LogP contribution in [0.4, 0.5) is 0 Å². The topological polar surface area (TPSA) is 62.1 Å². The molecule has 2 aromatic heterocycles. The zero-order valence-electron chi connectivity index (χ0n) is 12.9. The molecule has 0 radical (unpaired) electrons. The van der Waals surface area contributed by atoms with E-state index in [2.05, 4.69) is 22.3 Å². The number of benzene rings is 1. The summed E-state index contributed by atoms with van der Waals surface area (Å²) >= 11 is 0. The van der Waals surface area contributed by atoms with Gasteiger partial charge in [-0.2, -0.15) is 5.10 Å². The summed E-state index contributed by atoms with van der Waals surface area (Å²) in [7, 11) is 0. The molecule has 4 rings (SSSR count).